The highest BCUT2D eigenvalue weighted by Crippen LogP contribution is 2.52. The van der Waals surface area contributed by atoms with Crippen molar-refractivity contribution in [3.63, 3.8) is 0 Å². The van der Waals surface area contributed by atoms with Gasteiger partial charge < -0.3 is 28.5 Å². The van der Waals surface area contributed by atoms with Gasteiger partial charge in [0.2, 0.25) is 12.5 Å². The molecule has 3 heterocycles. The van der Waals surface area contributed by atoms with Gasteiger partial charge in [0.1, 0.15) is 6.04 Å². The zero-order chi connectivity index (χ0) is 20.1. The third-order valence-corrected chi connectivity index (χ3v) is 6.83. The molecule has 1 aromatic carbocycles. The molecule has 1 aromatic rings. The maximum absolute atomic E-state index is 11.2. The minimum atomic E-state index is -0.369. The number of hydrogen-bond donors (Lipinski definition) is 1. The van der Waals surface area contributed by atoms with Crippen LogP contribution < -0.4 is 14.2 Å². The van der Waals surface area contributed by atoms with Crippen LogP contribution in [-0.2, 0) is 11.2 Å². The van der Waals surface area contributed by atoms with E-state index in [0.29, 0.717) is 12.2 Å². The van der Waals surface area contributed by atoms with Crippen LogP contribution in [0, 0.1) is 5.92 Å². The summed E-state index contributed by atoms with van der Waals surface area (Å²) < 4.78 is 23.8. The van der Waals surface area contributed by atoms with Crippen molar-refractivity contribution in [1.29, 1.82) is 0 Å². The highest BCUT2D eigenvalue weighted by atomic mass is 16.7. The lowest BCUT2D eigenvalue weighted by Crippen LogP contribution is -2.50. The minimum absolute atomic E-state index is 0.147. The van der Waals surface area contributed by atoms with E-state index in [1.165, 1.54) is 11.1 Å². The maximum atomic E-state index is 11.2. The number of ether oxygens (including phenoxy) is 4. The molecule has 0 bridgehead atoms. The van der Waals surface area contributed by atoms with Gasteiger partial charge in [0.05, 0.1) is 45.0 Å². The first kappa shape index (κ1) is 19.8. The number of aliphatic hydroxyl groups excluding tert-OH is 1. The van der Waals surface area contributed by atoms with Gasteiger partial charge in [-0.25, -0.2) is 0 Å². The number of hydrogen-bond acceptors (Lipinski definition) is 5. The fourth-order valence-electron chi connectivity index (χ4n) is 5.20. The van der Waals surface area contributed by atoms with Crippen molar-refractivity contribution in [2.75, 3.05) is 41.1 Å². The lowest BCUT2D eigenvalue weighted by molar-refractivity contribution is -0.924. The molecule has 4 rings (SSSR count). The highest BCUT2D eigenvalue weighted by Gasteiger charge is 2.44. The molecule has 1 saturated heterocycles. The van der Waals surface area contributed by atoms with E-state index in [1.807, 2.05) is 0 Å². The molecule has 1 N–H and O–H groups in total. The third kappa shape index (κ3) is 3.46. The summed E-state index contributed by atoms with van der Waals surface area (Å²) in [5.74, 6) is 2.51. The largest absolute Gasteiger partial charge is 0.492 e. The molecule has 0 unspecified atom stereocenters. The minimum Gasteiger partial charge on any atom is -0.492 e. The number of rotatable bonds is 4. The van der Waals surface area contributed by atoms with Gasteiger partial charge in [0, 0.05) is 19.4 Å². The fourth-order valence-corrected chi connectivity index (χ4v) is 5.20. The Hall–Kier alpha value is -1.50. The normalized spacial score (nSPS) is 28.5. The molecular weight excluding hydrogens is 358 g/mol. The zero-order valence-corrected chi connectivity index (χ0v) is 17.8. The Morgan fingerprint density at radius 3 is 2.82 bits per heavy atom. The van der Waals surface area contributed by atoms with E-state index >= 15 is 0 Å². The first-order chi connectivity index (χ1) is 13.2. The summed E-state index contributed by atoms with van der Waals surface area (Å²) in [6, 6.07) is 2.25. The van der Waals surface area contributed by atoms with Gasteiger partial charge in [0.25, 0.3) is 0 Å². The van der Waals surface area contributed by atoms with Crippen LogP contribution in [0.4, 0.5) is 0 Å². The molecule has 28 heavy (non-hydrogen) atoms. The molecule has 0 radical (unpaired) electrons. The van der Waals surface area contributed by atoms with Crippen LogP contribution in [0.3, 0.4) is 0 Å². The van der Waals surface area contributed by atoms with Crippen LogP contribution in [0.15, 0.2) is 6.07 Å². The molecule has 1 fully saturated rings. The summed E-state index contributed by atoms with van der Waals surface area (Å²) in [6.45, 7) is 6.21. The van der Waals surface area contributed by atoms with Crippen molar-refractivity contribution >= 4 is 0 Å². The smallest absolute Gasteiger partial charge is 0.231 e. The Labute approximate surface area is 167 Å². The summed E-state index contributed by atoms with van der Waals surface area (Å²) in [6.07, 6.45) is 3.10. The van der Waals surface area contributed by atoms with Crippen LogP contribution in [0.25, 0.3) is 0 Å². The van der Waals surface area contributed by atoms with Crippen molar-refractivity contribution in [2.24, 2.45) is 5.92 Å². The predicted molar refractivity (Wildman–Crippen MR) is 106 cm³/mol. The summed E-state index contributed by atoms with van der Waals surface area (Å²) in [4.78, 5) is 0. The number of likely N-dealkylation sites (N-methyl/N-ethyl adjacent to an activating group) is 1. The molecule has 0 amide bonds. The van der Waals surface area contributed by atoms with E-state index in [1.54, 1.807) is 7.11 Å². The third-order valence-electron chi connectivity index (χ3n) is 6.83. The first-order valence-corrected chi connectivity index (χ1v) is 10.4. The number of fused-ring (bicyclic) bond motifs is 2. The van der Waals surface area contributed by atoms with Crippen LogP contribution >= 0.6 is 0 Å². The van der Waals surface area contributed by atoms with Crippen molar-refractivity contribution in [2.45, 2.75) is 57.3 Å². The van der Waals surface area contributed by atoms with Gasteiger partial charge in [-0.3, -0.25) is 0 Å². The number of benzene rings is 1. The number of quaternary nitrogens is 1. The second-order valence-electron chi connectivity index (χ2n) is 9.65. The Bertz CT molecular complexity index is 745. The number of methoxy groups -OCH3 is 1. The van der Waals surface area contributed by atoms with Crippen molar-refractivity contribution < 1.29 is 28.5 Å². The van der Waals surface area contributed by atoms with Gasteiger partial charge in [-0.05, 0) is 44.2 Å². The molecule has 0 saturated carbocycles. The Kier molecular flexibility index (Phi) is 5.01. The SMILES string of the molecule is COc1c2c(cc3c1[C@@H](C[C@@H](O)[C@@H]1CCOC(C)(C)C1)[N+](C)(C)CC3)OCO2. The number of nitrogens with zero attached hydrogens (tertiary/aromatic N) is 1. The lowest BCUT2D eigenvalue weighted by atomic mass is 9.79. The molecule has 156 valence electrons. The molecule has 0 spiro atoms. The molecule has 6 nitrogen and oxygen atoms in total. The van der Waals surface area contributed by atoms with E-state index < -0.39 is 0 Å². The summed E-state index contributed by atoms with van der Waals surface area (Å²) >= 11 is 0. The van der Waals surface area contributed by atoms with E-state index in [-0.39, 0.29) is 30.5 Å². The van der Waals surface area contributed by atoms with Gasteiger partial charge in [-0.2, -0.15) is 0 Å². The van der Waals surface area contributed by atoms with Crippen LogP contribution in [0.1, 0.15) is 50.3 Å². The first-order valence-electron chi connectivity index (χ1n) is 10.4. The van der Waals surface area contributed by atoms with Gasteiger partial charge in [-0.1, -0.05) is 0 Å². The molecule has 6 heteroatoms. The fraction of sp³-hybridized carbons (Fsp3) is 0.727. The topological polar surface area (TPSA) is 57.2 Å². The molecule has 0 aliphatic carbocycles. The summed E-state index contributed by atoms with van der Waals surface area (Å²) in [5, 5.41) is 11.2. The molecular formula is C22H34NO5+. The monoisotopic (exact) mass is 392 g/mol. The second-order valence-corrected chi connectivity index (χ2v) is 9.65. The summed E-state index contributed by atoms with van der Waals surface area (Å²) in [5.41, 5.74) is 2.26. The van der Waals surface area contributed by atoms with Crippen molar-refractivity contribution in [3.05, 3.63) is 17.2 Å². The zero-order valence-electron chi connectivity index (χ0n) is 17.8. The predicted octanol–water partition coefficient (Wildman–Crippen LogP) is 3.05. The molecule has 3 aliphatic heterocycles. The van der Waals surface area contributed by atoms with Crippen LogP contribution in [0.2, 0.25) is 0 Å². The average molecular weight is 393 g/mol. The summed E-state index contributed by atoms with van der Waals surface area (Å²) in [7, 11) is 6.19. The molecule has 3 aliphatic rings. The van der Waals surface area contributed by atoms with Crippen LogP contribution in [-0.4, -0.2) is 62.4 Å². The Morgan fingerprint density at radius 2 is 2.11 bits per heavy atom. The van der Waals surface area contributed by atoms with E-state index in [2.05, 4.69) is 34.0 Å². The average Bonchev–Trinajstić information content (AvgIpc) is 3.09. The van der Waals surface area contributed by atoms with E-state index in [0.717, 1.165) is 48.4 Å². The maximum Gasteiger partial charge on any atom is 0.231 e. The van der Waals surface area contributed by atoms with Crippen LogP contribution in [0.5, 0.6) is 17.2 Å². The van der Waals surface area contributed by atoms with Gasteiger partial charge >= 0.3 is 0 Å². The molecule has 0 aromatic heterocycles. The van der Waals surface area contributed by atoms with E-state index in [9.17, 15) is 5.11 Å². The lowest BCUT2D eigenvalue weighted by Gasteiger charge is -2.45. The Morgan fingerprint density at radius 1 is 1.32 bits per heavy atom. The van der Waals surface area contributed by atoms with Gasteiger partial charge in [-0.15, -0.1) is 0 Å². The highest BCUT2D eigenvalue weighted by molar-refractivity contribution is 5.61. The van der Waals surface area contributed by atoms with Crippen molar-refractivity contribution in [3.8, 4) is 17.2 Å². The number of aliphatic hydroxyl groups is 1. The Balaban J connectivity index is 1.67. The van der Waals surface area contributed by atoms with Crippen molar-refractivity contribution in [1.82, 2.24) is 0 Å². The second kappa shape index (κ2) is 7.08. The standard InChI is InChI=1S/C22H34NO5/c1-22(2)12-15(7-9-28-22)17(24)11-16-19-14(6-8-23(16,3)4)10-18-20(21(19)25-5)27-13-26-18/h10,15-17,24H,6-9,11-13H2,1-5H3/q+1/t15-,16-,17-/m1/s1. The van der Waals surface area contributed by atoms with Gasteiger partial charge in [0.15, 0.2) is 11.5 Å². The van der Waals surface area contributed by atoms with E-state index in [4.69, 9.17) is 18.9 Å². The molecule has 3 atom stereocenters. The quantitative estimate of drug-likeness (QED) is 0.798.